The lowest BCUT2D eigenvalue weighted by atomic mass is 10.3. The van der Waals surface area contributed by atoms with Gasteiger partial charge in [-0.25, -0.2) is 4.98 Å². The van der Waals surface area contributed by atoms with Crippen LogP contribution in [0.25, 0.3) is 0 Å². The van der Waals surface area contributed by atoms with E-state index in [9.17, 15) is 0 Å². The predicted molar refractivity (Wildman–Crippen MR) is 112 cm³/mol. The molecule has 0 radical (unpaired) electrons. The Kier molecular flexibility index (Phi) is 17.5. The van der Waals surface area contributed by atoms with Gasteiger partial charge in [-0.2, -0.15) is 5.10 Å². The van der Waals surface area contributed by atoms with Crippen LogP contribution in [0.4, 0.5) is 0 Å². The maximum absolute atomic E-state index is 5.73. The molecule has 0 amide bonds. The fourth-order valence-electron chi connectivity index (χ4n) is 2.30. The van der Waals surface area contributed by atoms with Crippen LogP contribution >= 0.6 is 0 Å². The average Bonchev–Trinajstić information content (AvgIpc) is 3.27. The third kappa shape index (κ3) is 14.5. The first kappa shape index (κ1) is 27.9. The number of hydrogen-bond donors (Lipinski definition) is 1. The number of aromatic nitrogens is 3. The summed E-state index contributed by atoms with van der Waals surface area (Å²) < 4.78 is 42.8. The number of nitrogens with zero attached hydrogens (tertiary/aromatic N) is 2. The van der Waals surface area contributed by atoms with E-state index in [0.29, 0.717) is 90.9 Å². The van der Waals surface area contributed by atoms with Crippen molar-refractivity contribution < 1.29 is 37.9 Å². The van der Waals surface area contributed by atoms with Gasteiger partial charge in [0.2, 0.25) is 0 Å². The predicted octanol–water partition coefficient (Wildman–Crippen LogP) is 1.32. The zero-order chi connectivity index (χ0) is 22.6. The van der Waals surface area contributed by atoms with Gasteiger partial charge in [0.15, 0.2) is 11.6 Å². The van der Waals surface area contributed by atoms with E-state index in [1.807, 2.05) is 13.8 Å². The first-order valence-electron chi connectivity index (χ1n) is 10.6. The highest BCUT2D eigenvalue weighted by Gasteiger charge is 2.16. The average molecular weight is 450 g/mol. The van der Waals surface area contributed by atoms with E-state index in [2.05, 4.69) is 15.2 Å². The number of H-pyrrole nitrogens is 1. The second-order valence-electron chi connectivity index (χ2n) is 6.54. The Bertz CT molecular complexity index is 478. The van der Waals surface area contributed by atoms with Crippen LogP contribution in [-0.2, 0) is 37.9 Å². The number of ether oxygens (including phenoxy) is 8. The Labute approximate surface area is 185 Å². The van der Waals surface area contributed by atoms with Crippen LogP contribution in [0.5, 0.6) is 0 Å². The number of aromatic amines is 1. The van der Waals surface area contributed by atoms with Crippen LogP contribution in [0, 0.1) is 0 Å². The largest absolute Gasteiger partial charge is 0.382 e. The molecule has 1 rings (SSSR count). The standard InChI is InChI=1S/C20H39N3O8/c1-17(30-15-13-28-11-9-26-7-5-24-3)19-21-20(23-22-19)18(2)31-16-14-29-12-10-27-8-6-25-4/h17-18H,5-16H2,1-4H3,(H,21,22,23)/t17-,18-/m0/s1. The molecule has 0 bridgehead atoms. The summed E-state index contributed by atoms with van der Waals surface area (Å²) in [5, 5.41) is 7.12. The molecule has 11 nitrogen and oxygen atoms in total. The molecule has 1 heterocycles. The topological polar surface area (TPSA) is 115 Å². The second-order valence-corrected chi connectivity index (χ2v) is 6.54. The quantitative estimate of drug-likeness (QED) is 0.260. The molecule has 0 aliphatic heterocycles. The highest BCUT2D eigenvalue weighted by atomic mass is 16.6. The lowest BCUT2D eigenvalue weighted by molar-refractivity contribution is -0.0158. The highest BCUT2D eigenvalue weighted by molar-refractivity contribution is 4.95. The summed E-state index contributed by atoms with van der Waals surface area (Å²) >= 11 is 0. The molecule has 1 N–H and O–H groups in total. The normalized spacial score (nSPS) is 13.5. The molecule has 1 aromatic rings. The van der Waals surface area contributed by atoms with E-state index >= 15 is 0 Å². The highest BCUT2D eigenvalue weighted by Crippen LogP contribution is 2.16. The zero-order valence-electron chi connectivity index (χ0n) is 19.3. The smallest absolute Gasteiger partial charge is 0.179 e. The minimum Gasteiger partial charge on any atom is -0.382 e. The maximum Gasteiger partial charge on any atom is 0.179 e. The summed E-state index contributed by atoms with van der Waals surface area (Å²) in [4.78, 5) is 4.46. The monoisotopic (exact) mass is 449 g/mol. The lowest BCUT2D eigenvalue weighted by Crippen LogP contribution is -2.13. The minimum atomic E-state index is -0.250. The molecule has 2 atom stereocenters. The number of rotatable bonds is 22. The molecule has 0 fully saturated rings. The van der Waals surface area contributed by atoms with Crippen molar-refractivity contribution in [3.63, 3.8) is 0 Å². The van der Waals surface area contributed by atoms with Crippen molar-refractivity contribution in [3.8, 4) is 0 Å². The van der Waals surface area contributed by atoms with Gasteiger partial charge in [0.1, 0.15) is 12.2 Å². The van der Waals surface area contributed by atoms with Crippen LogP contribution < -0.4 is 0 Å². The molecule has 0 unspecified atom stereocenters. The van der Waals surface area contributed by atoms with Gasteiger partial charge in [0.25, 0.3) is 0 Å². The summed E-state index contributed by atoms with van der Waals surface area (Å²) in [6.45, 7) is 10.1. The van der Waals surface area contributed by atoms with Gasteiger partial charge in [-0.15, -0.1) is 0 Å². The van der Waals surface area contributed by atoms with Crippen LogP contribution in [0.2, 0.25) is 0 Å². The molecular formula is C20H39N3O8. The van der Waals surface area contributed by atoms with Gasteiger partial charge in [-0.3, -0.25) is 5.10 Å². The zero-order valence-corrected chi connectivity index (χ0v) is 19.3. The molecular weight excluding hydrogens is 410 g/mol. The molecule has 0 aliphatic rings. The van der Waals surface area contributed by atoms with Crippen molar-refractivity contribution in [2.24, 2.45) is 0 Å². The SMILES string of the molecule is COCCOCCOCCO[C@@H](C)c1n[nH]c([C@H](C)OCCOCCOCCOC)n1. The van der Waals surface area contributed by atoms with Crippen molar-refractivity contribution in [1.29, 1.82) is 0 Å². The Hall–Kier alpha value is -1.18. The van der Waals surface area contributed by atoms with Crippen LogP contribution in [0.3, 0.4) is 0 Å². The Morgan fingerprint density at radius 2 is 1.03 bits per heavy atom. The number of nitrogens with one attached hydrogen (secondary N) is 1. The van der Waals surface area contributed by atoms with E-state index in [1.165, 1.54) is 0 Å². The molecule has 0 saturated heterocycles. The number of hydrogen-bond acceptors (Lipinski definition) is 10. The third-order valence-corrected chi connectivity index (χ3v) is 4.07. The van der Waals surface area contributed by atoms with Gasteiger partial charge in [-0.05, 0) is 13.8 Å². The van der Waals surface area contributed by atoms with E-state index in [1.54, 1.807) is 14.2 Å². The van der Waals surface area contributed by atoms with Crippen LogP contribution in [-0.4, -0.2) is 109 Å². The third-order valence-electron chi connectivity index (χ3n) is 4.07. The van der Waals surface area contributed by atoms with Crippen LogP contribution in [0.15, 0.2) is 0 Å². The molecule has 11 heteroatoms. The van der Waals surface area contributed by atoms with Crippen molar-refractivity contribution in [2.75, 3.05) is 93.5 Å². The summed E-state index contributed by atoms with van der Waals surface area (Å²) in [6.07, 6.45) is -0.475. The Morgan fingerprint density at radius 1 is 0.613 bits per heavy atom. The Morgan fingerprint density at radius 3 is 1.52 bits per heavy atom. The summed E-state index contributed by atoms with van der Waals surface area (Å²) in [7, 11) is 3.28. The summed E-state index contributed by atoms with van der Waals surface area (Å²) in [5.74, 6) is 1.23. The van der Waals surface area contributed by atoms with E-state index in [0.717, 1.165) is 0 Å². The van der Waals surface area contributed by atoms with Gasteiger partial charge >= 0.3 is 0 Å². The first-order valence-corrected chi connectivity index (χ1v) is 10.6. The van der Waals surface area contributed by atoms with E-state index < -0.39 is 0 Å². The van der Waals surface area contributed by atoms with Gasteiger partial charge in [-0.1, -0.05) is 0 Å². The van der Waals surface area contributed by atoms with E-state index in [4.69, 9.17) is 37.9 Å². The summed E-state index contributed by atoms with van der Waals surface area (Å²) in [5.41, 5.74) is 0. The van der Waals surface area contributed by atoms with E-state index in [-0.39, 0.29) is 12.2 Å². The fraction of sp³-hybridized carbons (Fsp3) is 0.900. The Balaban J connectivity index is 2.07. The van der Waals surface area contributed by atoms with Crippen molar-refractivity contribution in [1.82, 2.24) is 15.2 Å². The van der Waals surface area contributed by atoms with Crippen molar-refractivity contribution in [3.05, 3.63) is 11.6 Å². The van der Waals surface area contributed by atoms with Crippen molar-refractivity contribution >= 4 is 0 Å². The molecule has 0 spiro atoms. The number of methoxy groups -OCH3 is 2. The molecule has 1 aromatic heterocycles. The molecule has 31 heavy (non-hydrogen) atoms. The van der Waals surface area contributed by atoms with Gasteiger partial charge < -0.3 is 37.9 Å². The molecule has 0 aliphatic carbocycles. The van der Waals surface area contributed by atoms with Gasteiger partial charge in [0.05, 0.1) is 79.3 Å². The fourth-order valence-corrected chi connectivity index (χ4v) is 2.30. The lowest BCUT2D eigenvalue weighted by Gasteiger charge is -2.11. The first-order chi connectivity index (χ1) is 15.2. The summed E-state index contributed by atoms with van der Waals surface area (Å²) in [6, 6.07) is 0. The van der Waals surface area contributed by atoms with Gasteiger partial charge in [0, 0.05) is 14.2 Å². The molecule has 0 aromatic carbocycles. The molecule has 182 valence electrons. The van der Waals surface area contributed by atoms with Crippen molar-refractivity contribution in [2.45, 2.75) is 26.1 Å². The minimum absolute atomic E-state index is 0.226. The second kappa shape index (κ2) is 19.5. The maximum atomic E-state index is 5.73. The van der Waals surface area contributed by atoms with Crippen LogP contribution in [0.1, 0.15) is 37.7 Å². The molecule has 0 saturated carbocycles.